The van der Waals surface area contributed by atoms with Gasteiger partial charge >= 0.3 is 0 Å². The fourth-order valence-electron chi connectivity index (χ4n) is 2.94. The molecule has 1 aliphatic rings. The Hall–Kier alpha value is -0.540. The Kier molecular flexibility index (Phi) is 5.07. The second kappa shape index (κ2) is 6.58. The van der Waals surface area contributed by atoms with Crippen LogP contribution in [0, 0.1) is 12.8 Å². The van der Waals surface area contributed by atoms with Crippen LogP contribution in [0.5, 0.6) is 0 Å². The maximum Gasteiger partial charge on any atom is 0.0411 e. The molecule has 3 heteroatoms. The molecular weight excluding hydrogens is 288 g/mol. The summed E-state index contributed by atoms with van der Waals surface area (Å²) in [7, 11) is 0. The van der Waals surface area contributed by atoms with E-state index in [2.05, 4.69) is 46.4 Å². The summed E-state index contributed by atoms with van der Waals surface area (Å²) in [4.78, 5) is 0. The molecule has 0 spiro atoms. The van der Waals surface area contributed by atoms with Crippen LogP contribution in [-0.2, 0) is 0 Å². The van der Waals surface area contributed by atoms with Crippen LogP contribution in [0.1, 0.15) is 37.7 Å². The number of halogens is 1. The van der Waals surface area contributed by atoms with Crippen LogP contribution in [0.15, 0.2) is 22.7 Å². The van der Waals surface area contributed by atoms with Crippen LogP contribution in [0.2, 0.25) is 0 Å². The van der Waals surface area contributed by atoms with Crippen molar-refractivity contribution in [2.45, 2.75) is 45.1 Å². The average Bonchev–Trinajstić information content (AvgIpc) is 2.36. The fraction of sp³-hybridized carbons (Fsp3) is 0.600. The van der Waals surface area contributed by atoms with Gasteiger partial charge in [-0.1, -0.05) is 35.2 Å². The van der Waals surface area contributed by atoms with Gasteiger partial charge in [0, 0.05) is 22.7 Å². The number of nitrogens with two attached hydrogens (primary N) is 1. The molecule has 2 nitrogen and oxygen atoms in total. The number of hydrogen-bond donors (Lipinski definition) is 2. The van der Waals surface area contributed by atoms with E-state index in [0.717, 1.165) is 16.9 Å². The minimum absolute atomic E-state index is 0.416. The maximum absolute atomic E-state index is 5.95. The van der Waals surface area contributed by atoms with Crippen LogP contribution < -0.4 is 11.1 Å². The molecule has 0 saturated heterocycles. The minimum atomic E-state index is 0.416. The zero-order valence-electron chi connectivity index (χ0n) is 11.1. The van der Waals surface area contributed by atoms with Crippen LogP contribution in [0.3, 0.4) is 0 Å². The van der Waals surface area contributed by atoms with Crippen LogP contribution in [0.4, 0.5) is 5.69 Å². The number of benzene rings is 1. The molecule has 1 unspecified atom stereocenters. The lowest BCUT2D eigenvalue weighted by Gasteiger charge is -2.31. The van der Waals surface area contributed by atoms with E-state index >= 15 is 0 Å². The molecule has 18 heavy (non-hydrogen) atoms. The smallest absolute Gasteiger partial charge is 0.0411 e. The molecule has 1 fully saturated rings. The highest BCUT2D eigenvalue weighted by molar-refractivity contribution is 9.10. The first-order valence-electron chi connectivity index (χ1n) is 6.93. The molecule has 0 aliphatic heterocycles. The maximum atomic E-state index is 5.95. The van der Waals surface area contributed by atoms with Gasteiger partial charge in [-0.3, -0.25) is 0 Å². The summed E-state index contributed by atoms with van der Waals surface area (Å²) in [6.07, 6.45) is 6.76. The fourth-order valence-corrected chi connectivity index (χ4v) is 3.55. The summed E-state index contributed by atoms with van der Waals surface area (Å²) in [6.45, 7) is 2.84. The summed E-state index contributed by atoms with van der Waals surface area (Å²) in [5.74, 6) is 0.739. The van der Waals surface area contributed by atoms with Crippen molar-refractivity contribution in [1.29, 1.82) is 0 Å². The van der Waals surface area contributed by atoms with E-state index in [-0.39, 0.29) is 0 Å². The van der Waals surface area contributed by atoms with E-state index in [1.165, 1.54) is 43.4 Å². The molecule has 100 valence electrons. The lowest BCUT2D eigenvalue weighted by Crippen LogP contribution is -2.37. The molecule has 1 aromatic carbocycles. The number of rotatable bonds is 4. The molecular formula is C15H23BrN2. The van der Waals surface area contributed by atoms with Gasteiger partial charge in [-0.2, -0.15) is 0 Å². The van der Waals surface area contributed by atoms with E-state index in [1.54, 1.807) is 0 Å². The summed E-state index contributed by atoms with van der Waals surface area (Å²) in [5, 5.41) is 3.63. The number of hydrogen-bond acceptors (Lipinski definition) is 2. The number of anilines is 1. The van der Waals surface area contributed by atoms with Gasteiger partial charge in [0.2, 0.25) is 0 Å². The van der Waals surface area contributed by atoms with Crippen LogP contribution >= 0.6 is 15.9 Å². The predicted octanol–water partition coefficient (Wildman–Crippen LogP) is 4.08. The van der Waals surface area contributed by atoms with Crippen molar-refractivity contribution in [2.24, 2.45) is 11.7 Å². The molecule has 0 radical (unpaired) electrons. The van der Waals surface area contributed by atoms with E-state index in [0.29, 0.717) is 6.04 Å². The van der Waals surface area contributed by atoms with Crippen molar-refractivity contribution in [3.63, 3.8) is 0 Å². The van der Waals surface area contributed by atoms with Gasteiger partial charge in [0.15, 0.2) is 0 Å². The van der Waals surface area contributed by atoms with Gasteiger partial charge in [-0.15, -0.1) is 0 Å². The molecule has 0 aromatic heterocycles. The number of aryl methyl sites for hydroxylation is 1. The zero-order valence-corrected chi connectivity index (χ0v) is 12.7. The summed E-state index contributed by atoms with van der Waals surface area (Å²) in [5.41, 5.74) is 8.41. The monoisotopic (exact) mass is 310 g/mol. The van der Waals surface area contributed by atoms with E-state index in [1.807, 2.05) is 0 Å². The molecule has 1 atom stereocenters. The molecule has 0 bridgehead atoms. The first-order valence-corrected chi connectivity index (χ1v) is 7.72. The SMILES string of the molecule is Cc1cc(Br)cc(NC(CN)C2CCCCC2)c1. The van der Waals surface area contributed by atoms with Crippen LogP contribution in [-0.4, -0.2) is 12.6 Å². The van der Waals surface area contributed by atoms with E-state index in [9.17, 15) is 0 Å². The lowest BCUT2D eigenvalue weighted by molar-refractivity contribution is 0.320. The van der Waals surface area contributed by atoms with Crippen LogP contribution in [0.25, 0.3) is 0 Å². The quantitative estimate of drug-likeness (QED) is 0.879. The largest absolute Gasteiger partial charge is 0.381 e. The highest BCUT2D eigenvalue weighted by Gasteiger charge is 2.22. The zero-order chi connectivity index (χ0) is 13.0. The molecule has 2 rings (SSSR count). The van der Waals surface area contributed by atoms with Crippen molar-refractivity contribution in [2.75, 3.05) is 11.9 Å². The Morgan fingerprint density at radius 3 is 2.61 bits per heavy atom. The summed E-state index contributed by atoms with van der Waals surface area (Å²) >= 11 is 3.55. The first kappa shape index (κ1) is 13.9. The lowest BCUT2D eigenvalue weighted by atomic mass is 9.84. The Morgan fingerprint density at radius 1 is 1.28 bits per heavy atom. The minimum Gasteiger partial charge on any atom is -0.381 e. The third-order valence-corrected chi connectivity index (χ3v) is 4.32. The van der Waals surface area contributed by atoms with Crippen molar-refractivity contribution in [1.82, 2.24) is 0 Å². The highest BCUT2D eigenvalue weighted by atomic mass is 79.9. The van der Waals surface area contributed by atoms with Gasteiger partial charge in [0.25, 0.3) is 0 Å². The second-order valence-corrected chi connectivity index (χ2v) is 6.32. The van der Waals surface area contributed by atoms with Gasteiger partial charge < -0.3 is 11.1 Å². The summed E-state index contributed by atoms with van der Waals surface area (Å²) in [6, 6.07) is 6.87. The normalized spacial score (nSPS) is 18.6. The summed E-state index contributed by atoms with van der Waals surface area (Å²) < 4.78 is 1.13. The third kappa shape index (κ3) is 3.72. The first-order chi connectivity index (χ1) is 8.69. The van der Waals surface area contributed by atoms with E-state index in [4.69, 9.17) is 5.73 Å². The Bertz CT molecular complexity index is 366. The molecule has 1 saturated carbocycles. The second-order valence-electron chi connectivity index (χ2n) is 5.40. The molecule has 0 heterocycles. The third-order valence-electron chi connectivity index (χ3n) is 3.87. The highest BCUT2D eigenvalue weighted by Crippen LogP contribution is 2.28. The van der Waals surface area contributed by atoms with E-state index < -0.39 is 0 Å². The van der Waals surface area contributed by atoms with Crippen molar-refractivity contribution in [3.8, 4) is 0 Å². The predicted molar refractivity (Wildman–Crippen MR) is 81.9 cm³/mol. The Balaban J connectivity index is 2.04. The number of nitrogens with one attached hydrogen (secondary N) is 1. The molecule has 1 aromatic rings. The van der Waals surface area contributed by atoms with Crippen molar-refractivity contribution >= 4 is 21.6 Å². The molecule has 1 aliphatic carbocycles. The van der Waals surface area contributed by atoms with Gasteiger partial charge in [-0.25, -0.2) is 0 Å². The Morgan fingerprint density at radius 2 is 2.00 bits per heavy atom. The van der Waals surface area contributed by atoms with Gasteiger partial charge in [0.05, 0.1) is 0 Å². The molecule has 3 N–H and O–H groups in total. The average molecular weight is 311 g/mol. The van der Waals surface area contributed by atoms with Crippen molar-refractivity contribution < 1.29 is 0 Å². The van der Waals surface area contributed by atoms with Gasteiger partial charge in [-0.05, 0) is 49.4 Å². The van der Waals surface area contributed by atoms with Gasteiger partial charge in [0.1, 0.15) is 0 Å². The Labute approximate surface area is 118 Å². The topological polar surface area (TPSA) is 38.0 Å². The van der Waals surface area contributed by atoms with Crippen molar-refractivity contribution in [3.05, 3.63) is 28.2 Å². The molecule has 0 amide bonds. The standard InChI is InChI=1S/C15H23BrN2/c1-11-7-13(16)9-14(8-11)18-15(10-17)12-5-3-2-4-6-12/h7-9,12,15,18H,2-6,10,17H2,1H3.